The van der Waals surface area contributed by atoms with E-state index in [0.717, 1.165) is 18.8 Å². The van der Waals surface area contributed by atoms with Crippen LogP contribution in [-0.4, -0.2) is 71.9 Å². The molecule has 1 unspecified atom stereocenters. The van der Waals surface area contributed by atoms with Crippen molar-refractivity contribution in [2.75, 3.05) is 26.4 Å². The lowest BCUT2D eigenvalue weighted by Gasteiger charge is -2.25. The number of ether oxygens (including phenoxy) is 1. The number of carboxylic acids is 1. The van der Waals surface area contributed by atoms with Crippen molar-refractivity contribution in [3.63, 3.8) is 0 Å². The molecule has 0 aromatic heterocycles. The van der Waals surface area contributed by atoms with Crippen molar-refractivity contribution < 1.29 is 28.2 Å². The molecule has 2 aliphatic heterocycles. The smallest absolute Gasteiger partial charge is 0.323 e. The van der Waals surface area contributed by atoms with E-state index in [-0.39, 0.29) is 18.1 Å². The number of carboxylic acid groups (broad SMARTS) is 1. The van der Waals surface area contributed by atoms with Crippen molar-refractivity contribution in [2.45, 2.75) is 104 Å². The van der Waals surface area contributed by atoms with Gasteiger partial charge < -0.3 is 26.4 Å². The molecule has 3 rings (SSSR count). The first-order chi connectivity index (χ1) is 17.7. The number of aliphatic hydroxyl groups excluding tert-OH is 1. The number of aliphatic carboxylic acids is 1. The molecule has 4 atom stereocenters. The van der Waals surface area contributed by atoms with Crippen LogP contribution >= 0.6 is 0 Å². The predicted octanol–water partition coefficient (Wildman–Crippen LogP) is 4.01. The molecule has 2 saturated heterocycles. The van der Waals surface area contributed by atoms with Crippen molar-refractivity contribution in [2.24, 2.45) is 29.2 Å². The maximum Gasteiger partial charge on any atom is 0.323 e. The van der Waals surface area contributed by atoms with Gasteiger partial charge >= 0.3 is 5.97 Å². The van der Waals surface area contributed by atoms with Crippen LogP contribution in [0.5, 0.6) is 0 Å². The van der Waals surface area contributed by atoms with Gasteiger partial charge in [0.05, 0.1) is 11.5 Å². The quantitative estimate of drug-likeness (QED) is 0.357. The van der Waals surface area contributed by atoms with Gasteiger partial charge in [-0.3, -0.25) is 4.79 Å². The largest absolute Gasteiger partial charge is 0.480 e. The van der Waals surface area contributed by atoms with Gasteiger partial charge in [0.25, 0.3) is 0 Å². The van der Waals surface area contributed by atoms with Gasteiger partial charge in [-0.25, -0.2) is 8.42 Å². The summed E-state index contributed by atoms with van der Waals surface area (Å²) in [5.74, 6) is -0.303. The molecule has 2 heterocycles. The van der Waals surface area contributed by atoms with Gasteiger partial charge in [-0.2, -0.15) is 4.31 Å². The fourth-order valence-electron chi connectivity index (χ4n) is 2.86. The first kappa shape index (κ1) is 37.4. The van der Waals surface area contributed by atoms with Crippen LogP contribution in [0.25, 0.3) is 0 Å². The molecule has 10 heteroatoms. The Bertz CT molecular complexity index is 964. The van der Waals surface area contributed by atoms with Gasteiger partial charge in [-0.1, -0.05) is 59.2 Å². The lowest BCUT2D eigenvalue weighted by atomic mass is 9.90. The van der Waals surface area contributed by atoms with Gasteiger partial charge in [-0.15, -0.1) is 0 Å². The van der Waals surface area contributed by atoms with E-state index in [1.165, 1.54) is 19.8 Å². The van der Waals surface area contributed by atoms with E-state index in [9.17, 15) is 13.2 Å². The van der Waals surface area contributed by atoms with Gasteiger partial charge in [0.15, 0.2) is 0 Å². The topological polar surface area (TPSA) is 156 Å². The van der Waals surface area contributed by atoms with Crippen LogP contribution in [0.1, 0.15) is 80.7 Å². The van der Waals surface area contributed by atoms with Crippen molar-refractivity contribution >= 4 is 16.0 Å². The Kier molecular flexibility index (Phi) is 14.8. The molecule has 6 N–H and O–H groups in total. The van der Waals surface area contributed by atoms with E-state index >= 15 is 0 Å². The zero-order chi connectivity index (χ0) is 30.8. The normalized spacial score (nSPS) is 23.3. The van der Waals surface area contributed by atoms with Crippen LogP contribution in [0.15, 0.2) is 29.2 Å². The summed E-state index contributed by atoms with van der Waals surface area (Å²) in [4.78, 5) is 10.7. The average Bonchev–Trinajstić information content (AvgIpc) is 3.25. The fraction of sp³-hybridized carbons (Fsp3) is 0.759. The molecule has 0 bridgehead atoms. The lowest BCUT2D eigenvalue weighted by molar-refractivity contribution is -0.144. The Hall–Kier alpha value is -1.56. The number of hydrogen-bond donors (Lipinski definition) is 4. The molecular weight excluding hydrogens is 518 g/mol. The summed E-state index contributed by atoms with van der Waals surface area (Å²) in [6.45, 7) is 21.7. The molecule has 0 spiro atoms. The van der Waals surface area contributed by atoms with Crippen molar-refractivity contribution in [1.29, 1.82) is 0 Å². The second-order valence-electron chi connectivity index (χ2n) is 12.2. The summed E-state index contributed by atoms with van der Waals surface area (Å²) < 4.78 is 31.2. The average molecular weight is 574 g/mol. The molecule has 1 aromatic rings. The lowest BCUT2D eigenvalue weighted by Crippen LogP contribution is -2.49. The van der Waals surface area contributed by atoms with Crippen LogP contribution in [0, 0.1) is 24.7 Å². The zero-order valence-corrected chi connectivity index (χ0v) is 26.6. The third-order valence-corrected chi connectivity index (χ3v) is 9.92. The van der Waals surface area contributed by atoms with E-state index in [0.29, 0.717) is 23.3 Å². The van der Waals surface area contributed by atoms with E-state index in [1.807, 2.05) is 46.8 Å². The maximum absolute atomic E-state index is 12.4. The van der Waals surface area contributed by atoms with Crippen LogP contribution in [0.4, 0.5) is 0 Å². The molecular formula is C29H55N3O6S. The molecule has 39 heavy (non-hydrogen) atoms. The van der Waals surface area contributed by atoms with Gasteiger partial charge in [0.2, 0.25) is 10.0 Å². The Morgan fingerprint density at radius 1 is 1.03 bits per heavy atom. The highest BCUT2D eigenvalue weighted by Crippen LogP contribution is 2.43. The van der Waals surface area contributed by atoms with E-state index < -0.39 is 27.1 Å². The van der Waals surface area contributed by atoms with Crippen molar-refractivity contribution in [3.8, 4) is 0 Å². The first-order valence-corrected chi connectivity index (χ1v) is 15.2. The Morgan fingerprint density at radius 2 is 1.49 bits per heavy atom. The number of carbonyl (C=O) groups is 1. The molecule has 0 radical (unpaired) electrons. The van der Waals surface area contributed by atoms with Gasteiger partial charge in [0, 0.05) is 30.8 Å². The number of aryl methyl sites for hydroxylation is 1. The monoisotopic (exact) mass is 573 g/mol. The van der Waals surface area contributed by atoms with E-state index in [2.05, 4.69) is 13.8 Å². The summed E-state index contributed by atoms with van der Waals surface area (Å²) in [5.41, 5.74) is 10.4. The maximum atomic E-state index is 12.4. The van der Waals surface area contributed by atoms with Gasteiger partial charge in [0.1, 0.15) is 5.54 Å². The Labute approximate surface area is 237 Å². The minimum absolute atomic E-state index is 0.0324. The number of aliphatic hydroxyl groups is 1. The molecule has 2 aliphatic rings. The molecule has 0 aliphatic carbocycles. The number of nitrogens with two attached hydrogens (primary N) is 2. The molecule has 0 amide bonds. The summed E-state index contributed by atoms with van der Waals surface area (Å²) in [6.07, 6.45) is 2.56. The molecule has 228 valence electrons. The summed E-state index contributed by atoms with van der Waals surface area (Å²) in [6, 6.07) is 7.04. The molecule has 9 nitrogen and oxygen atoms in total. The summed E-state index contributed by atoms with van der Waals surface area (Å²) in [7, 11) is -3.30. The number of hydrogen-bond acceptors (Lipinski definition) is 7. The van der Waals surface area contributed by atoms with Gasteiger partial charge in [-0.05, 0) is 70.4 Å². The van der Waals surface area contributed by atoms with Crippen LogP contribution in [-0.2, 0) is 19.6 Å². The molecule has 1 aromatic carbocycles. The summed E-state index contributed by atoms with van der Waals surface area (Å²) >= 11 is 0. The highest BCUT2D eigenvalue weighted by Gasteiger charge is 2.57. The minimum atomic E-state index is -3.30. The second-order valence-corrected chi connectivity index (χ2v) is 14.1. The van der Waals surface area contributed by atoms with E-state index in [4.69, 9.17) is 26.4 Å². The highest BCUT2D eigenvalue weighted by atomic mass is 32.2. The first-order valence-electron chi connectivity index (χ1n) is 13.8. The third-order valence-electron chi connectivity index (χ3n) is 7.93. The number of rotatable bonds is 7. The van der Waals surface area contributed by atoms with E-state index in [1.54, 1.807) is 30.3 Å². The van der Waals surface area contributed by atoms with Crippen LogP contribution < -0.4 is 11.5 Å². The Balaban J connectivity index is 0.000000554. The fourth-order valence-corrected chi connectivity index (χ4v) is 4.79. The number of nitrogens with zero attached hydrogens (tertiary/aromatic N) is 1. The Morgan fingerprint density at radius 3 is 1.69 bits per heavy atom. The molecule has 0 saturated carbocycles. The van der Waals surface area contributed by atoms with Crippen LogP contribution in [0.3, 0.4) is 0 Å². The third kappa shape index (κ3) is 11.4. The standard InChI is InChI=1S/C13H19NO2S.C6H13NO2.C6H15NO.C4H8O/c1-10(2)13(4)9-14(13)17(15,16)12-7-5-11(3)6-8-12;1-4(2)6(3,7)5(8)9;1-5(2)6(3,7)4-8;1-2-4-5-3-1/h5-8,10H,9H2,1-4H3;4H,7H2,1-3H3,(H,8,9);5,8H,4,7H2,1-3H3;1-4H2/t13-,14?;2*6-;/m010./s1. The minimum Gasteiger partial charge on any atom is -0.480 e. The summed E-state index contributed by atoms with van der Waals surface area (Å²) in [5, 5.41) is 17.1. The predicted molar refractivity (Wildman–Crippen MR) is 158 cm³/mol. The zero-order valence-electron chi connectivity index (χ0n) is 25.8. The van der Waals surface area contributed by atoms with Crippen molar-refractivity contribution in [1.82, 2.24) is 4.31 Å². The number of sulfonamides is 1. The number of benzene rings is 1. The second kappa shape index (κ2) is 15.4. The molecule has 2 fully saturated rings. The SMILES string of the molecule is C1CCOC1.CC(C)[C@@](C)(N)C(=O)O.CC(C)[C@@](C)(N)CO.Cc1ccc(S(=O)(=O)N2C[C@@]2(C)C(C)C)cc1. The highest BCUT2D eigenvalue weighted by molar-refractivity contribution is 7.89. The van der Waals surface area contributed by atoms with Crippen molar-refractivity contribution in [3.05, 3.63) is 29.8 Å². The van der Waals surface area contributed by atoms with Crippen LogP contribution in [0.2, 0.25) is 0 Å².